The van der Waals surface area contributed by atoms with E-state index in [4.69, 9.17) is 0 Å². The molecule has 1 unspecified atom stereocenters. The molecule has 0 saturated heterocycles. The Morgan fingerprint density at radius 1 is 1.54 bits per heavy atom. The Labute approximate surface area is 84.2 Å². The van der Waals surface area contributed by atoms with E-state index < -0.39 is 0 Å². The fourth-order valence-electron chi connectivity index (χ4n) is 1.62. The highest BCUT2D eigenvalue weighted by molar-refractivity contribution is 7.11. The van der Waals surface area contributed by atoms with E-state index in [2.05, 4.69) is 38.2 Å². The highest BCUT2D eigenvalue weighted by Gasteiger charge is 2.44. The van der Waals surface area contributed by atoms with Gasteiger partial charge in [0.1, 0.15) is 0 Å². The lowest BCUT2D eigenvalue weighted by molar-refractivity contribution is 0.544. The number of thiophene rings is 1. The van der Waals surface area contributed by atoms with E-state index in [1.807, 2.05) is 11.3 Å². The van der Waals surface area contributed by atoms with E-state index in [0.29, 0.717) is 5.41 Å². The number of hydrogen-bond donors (Lipinski definition) is 1. The van der Waals surface area contributed by atoms with Crippen molar-refractivity contribution < 1.29 is 0 Å². The van der Waals surface area contributed by atoms with E-state index in [1.165, 1.54) is 16.2 Å². The van der Waals surface area contributed by atoms with Crippen molar-refractivity contribution in [2.45, 2.75) is 39.8 Å². The van der Waals surface area contributed by atoms with Gasteiger partial charge in [-0.2, -0.15) is 0 Å². The normalized spacial score (nSPS) is 24.7. The molecule has 1 nitrogen and oxygen atoms in total. The third-order valence-corrected chi connectivity index (χ3v) is 3.83. The Morgan fingerprint density at radius 3 is 2.69 bits per heavy atom. The molecule has 1 atom stereocenters. The maximum Gasteiger partial charge on any atom is 0.0302 e. The predicted octanol–water partition coefficient (Wildman–Crippen LogP) is 2.94. The first-order valence-corrected chi connectivity index (χ1v) is 5.68. The van der Waals surface area contributed by atoms with E-state index in [9.17, 15) is 0 Å². The molecule has 0 amide bonds. The van der Waals surface area contributed by atoms with E-state index in [1.54, 1.807) is 0 Å². The van der Waals surface area contributed by atoms with Gasteiger partial charge in [0.15, 0.2) is 0 Å². The zero-order valence-electron chi connectivity index (χ0n) is 8.55. The van der Waals surface area contributed by atoms with Gasteiger partial charge in [0.2, 0.25) is 0 Å². The third-order valence-electron chi connectivity index (χ3n) is 2.83. The molecule has 0 aliphatic heterocycles. The van der Waals surface area contributed by atoms with Crippen LogP contribution in [0, 0.1) is 12.3 Å². The maximum atomic E-state index is 3.59. The fourth-order valence-corrected chi connectivity index (χ4v) is 2.46. The van der Waals surface area contributed by atoms with Crippen LogP contribution in [-0.4, -0.2) is 6.04 Å². The van der Waals surface area contributed by atoms with Crippen molar-refractivity contribution in [3.63, 3.8) is 0 Å². The number of aryl methyl sites for hydroxylation is 1. The number of rotatable bonds is 3. The van der Waals surface area contributed by atoms with Crippen LogP contribution in [0.5, 0.6) is 0 Å². The molecular formula is C11H17NS. The van der Waals surface area contributed by atoms with Crippen LogP contribution in [0.1, 0.15) is 30.0 Å². The van der Waals surface area contributed by atoms with Gasteiger partial charge >= 0.3 is 0 Å². The van der Waals surface area contributed by atoms with Gasteiger partial charge in [-0.05, 0) is 30.9 Å². The molecule has 2 heteroatoms. The van der Waals surface area contributed by atoms with Crippen LogP contribution in [0.15, 0.2) is 12.1 Å². The van der Waals surface area contributed by atoms with Crippen molar-refractivity contribution in [2.24, 2.45) is 5.41 Å². The fraction of sp³-hybridized carbons (Fsp3) is 0.636. The molecule has 1 aliphatic carbocycles. The molecule has 0 radical (unpaired) electrons. The second kappa shape index (κ2) is 3.10. The predicted molar refractivity (Wildman–Crippen MR) is 58.1 cm³/mol. The van der Waals surface area contributed by atoms with Crippen LogP contribution in [0.3, 0.4) is 0 Å². The quantitative estimate of drug-likeness (QED) is 0.782. The molecule has 13 heavy (non-hydrogen) atoms. The second-order valence-electron chi connectivity index (χ2n) is 4.64. The summed E-state index contributed by atoms with van der Waals surface area (Å²) in [6.45, 7) is 7.86. The summed E-state index contributed by atoms with van der Waals surface area (Å²) in [5, 5.41) is 3.59. The highest BCUT2D eigenvalue weighted by atomic mass is 32.1. The van der Waals surface area contributed by atoms with Gasteiger partial charge in [0.05, 0.1) is 0 Å². The second-order valence-corrected chi connectivity index (χ2v) is 6.01. The first-order valence-electron chi connectivity index (χ1n) is 4.87. The molecular weight excluding hydrogens is 178 g/mol. The van der Waals surface area contributed by atoms with Crippen molar-refractivity contribution >= 4 is 11.3 Å². The lowest BCUT2D eigenvalue weighted by Crippen LogP contribution is -2.19. The van der Waals surface area contributed by atoms with Crippen molar-refractivity contribution in [2.75, 3.05) is 0 Å². The molecule has 1 aromatic heterocycles. The molecule has 1 saturated carbocycles. The van der Waals surface area contributed by atoms with Gasteiger partial charge < -0.3 is 5.32 Å². The summed E-state index contributed by atoms with van der Waals surface area (Å²) in [6, 6.07) is 5.16. The average molecular weight is 195 g/mol. The van der Waals surface area contributed by atoms with Crippen LogP contribution < -0.4 is 5.32 Å². The first kappa shape index (κ1) is 9.22. The molecule has 1 aliphatic rings. The SMILES string of the molecule is Cc1ccc(CNC2CC2(C)C)s1. The Hall–Kier alpha value is -0.340. The topological polar surface area (TPSA) is 12.0 Å². The minimum absolute atomic E-state index is 0.548. The summed E-state index contributed by atoms with van der Waals surface area (Å²) >= 11 is 1.90. The molecule has 1 fully saturated rings. The first-order chi connectivity index (χ1) is 6.08. The van der Waals surface area contributed by atoms with Crippen molar-refractivity contribution in [3.05, 3.63) is 21.9 Å². The minimum Gasteiger partial charge on any atom is -0.309 e. The molecule has 1 heterocycles. The largest absolute Gasteiger partial charge is 0.309 e. The van der Waals surface area contributed by atoms with Crippen LogP contribution in [0.2, 0.25) is 0 Å². The molecule has 0 spiro atoms. The monoisotopic (exact) mass is 195 g/mol. The van der Waals surface area contributed by atoms with Crippen LogP contribution in [0.25, 0.3) is 0 Å². The summed E-state index contributed by atoms with van der Waals surface area (Å²) in [5.41, 5.74) is 0.548. The summed E-state index contributed by atoms with van der Waals surface area (Å²) in [5.74, 6) is 0. The highest BCUT2D eigenvalue weighted by Crippen LogP contribution is 2.44. The van der Waals surface area contributed by atoms with E-state index in [-0.39, 0.29) is 0 Å². The van der Waals surface area contributed by atoms with Crippen LogP contribution >= 0.6 is 11.3 Å². The Kier molecular flexibility index (Phi) is 2.20. The molecule has 1 N–H and O–H groups in total. The van der Waals surface area contributed by atoms with E-state index >= 15 is 0 Å². The maximum absolute atomic E-state index is 3.59. The van der Waals surface area contributed by atoms with Crippen LogP contribution in [-0.2, 0) is 6.54 Å². The van der Waals surface area contributed by atoms with E-state index in [0.717, 1.165) is 12.6 Å². The van der Waals surface area contributed by atoms with Gasteiger partial charge in [-0.3, -0.25) is 0 Å². The Morgan fingerprint density at radius 2 is 2.23 bits per heavy atom. The summed E-state index contributed by atoms with van der Waals surface area (Å²) in [6.07, 6.45) is 1.33. The number of nitrogens with one attached hydrogen (secondary N) is 1. The average Bonchev–Trinajstić information content (AvgIpc) is 2.45. The smallest absolute Gasteiger partial charge is 0.0302 e. The van der Waals surface area contributed by atoms with Crippen LogP contribution in [0.4, 0.5) is 0 Å². The van der Waals surface area contributed by atoms with Crippen molar-refractivity contribution in [3.8, 4) is 0 Å². The Bertz CT molecular complexity index is 301. The molecule has 2 rings (SSSR count). The van der Waals surface area contributed by atoms with Gasteiger partial charge in [0, 0.05) is 22.3 Å². The zero-order chi connectivity index (χ0) is 9.47. The van der Waals surface area contributed by atoms with Gasteiger partial charge in [-0.25, -0.2) is 0 Å². The number of hydrogen-bond acceptors (Lipinski definition) is 2. The zero-order valence-corrected chi connectivity index (χ0v) is 9.37. The van der Waals surface area contributed by atoms with Crippen molar-refractivity contribution in [1.29, 1.82) is 0 Å². The summed E-state index contributed by atoms with van der Waals surface area (Å²) in [7, 11) is 0. The molecule has 0 aromatic carbocycles. The minimum atomic E-state index is 0.548. The molecule has 72 valence electrons. The van der Waals surface area contributed by atoms with Gasteiger partial charge in [0.25, 0.3) is 0 Å². The molecule has 1 aromatic rings. The lowest BCUT2D eigenvalue weighted by atomic mass is 10.2. The summed E-state index contributed by atoms with van der Waals surface area (Å²) in [4.78, 5) is 2.87. The van der Waals surface area contributed by atoms with Crippen molar-refractivity contribution in [1.82, 2.24) is 5.32 Å². The summed E-state index contributed by atoms with van der Waals surface area (Å²) < 4.78 is 0. The lowest BCUT2D eigenvalue weighted by Gasteiger charge is -2.04. The Balaban J connectivity index is 1.81. The van der Waals surface area contributed by atoms with Gasteiger partial charge in [-0.15, -0.1) is 11.3 Å². The standard InChI is InChI=1S/C11H17NS/c1-8-4-5-9(13-8)7-12-10-6-11(10,2)3/h4-5,10,12H,6-7H2,1-3H3. The molecule has 0 bridgehead atoms. The van der Waals surface area contributed by atoms with Gasteiger partial charge in [-0.1, -0.05) is 13.8 Å². The third kappa shape index (κ3) is 2.12.